The van der Waals surface area contributed by atoms with Gasteiger partial charge in [0, 0.05) is 11.3 Å². The Morgan fingerprint density at radius 2 is 1.79 bits per heavy atom. The maximum Gasteiger partial charge on any atom is 0.278 e. The van der Waals surface area contributed by atoms with Crippen LogP contribution in [0.25, 0.3) is 11.3 Å². The third kappa shape index (κ3) is 4.23. The third-order valence-electron chi connectivity index (χ3n) is 3.34. The number of aromatic amines is 1. The summed E-state index contributed by atoms with van der Waals surface area (Å²) < 4.78 is 5.64. The Kier molecular flexibility index (Phi) is 5.28. The standard InChI is InChI=1S/C18H17N3O2S/c1-13-7-9-15(10-8-13)23-11-12-24-18-19-17(22)16(20-21-18)14-5-3-2-4-6-14/h2-10H,11-12H2,1H3,(H,19,21,22). The second kappa shape index (κ2) is 7.79. The van der Waals surface area contributed by atoms with Gasteiger partial charge in [-0.25, -0.2) is 0 Å². The van der Waals surface area contributed by atoms with Crippen LogP contribution in [0, 0.1) is 6.92 Å². The fourth-order valence-electron chi connectivity index (χ4n) is 2.10. The number of nitrogens with one attached hydrogen (secondary N) is 1. The summed E-state index contributed by atoms with van der Waals surface area (Å²) in [6, 6.07) is 17.2. The van der Waals surface area contributed by atoms with Gasteiger partial charge in [-0.1, -0.05) is 59.8 Å². The zero-order chi connectivity index (χ0) is 16.8. The highest BCUT2D eigenvalue weighted by atomic mass is 32.2. The molecule has 0 aliphatic rings. The Hall–Kier alpha value is -2.60. The Morgan fingerprint density at radius 1 is 1.04 bits per heavy atom. The molecular formula is C18H17N3O2S. The number of rotatable bonds is 6. The molecule has 0 radical (unpaired) electrons. The molecule has 0 atom stereocenters. The average molecular weight is 339 g/mol. The fraction of sp³-hybridized carbons (Fsp3) is 0.167. The summed E-state index contributed by atoms with van der Waals surface area (Å²) in [4.78, 5) is 14.9. The van der Waals surface area contributed by atoms with Gasteiger partial charge in [-0.3, -0.25) is 9.78 Å². The van der Waals surface area contributed by atoms with Crippen LogP contribution in [0.1, 0.15) is 5.56 Å². The maximum atomic E-state index is 12.1. The van der Waals surface area contributed by atoms with Gasteiger partial charge in [-0.15, -0.1) is 10.2 Å². The Balaban J connectivity index is 1.55. The summed E-state index contributed by atoms with van der Waals surface area (Å²) in [6.45, 7) is 2.56. The van der Waals surface area contributed by atoms with Crippen LogP contribution < -0.4 is 10.3 Å². The van der Waals surface area contributed by atoms with Gasteiger partial charge in [0.15, 0.2) is 10.9 Å². The normalized spacial score (nSPS) is 10.5. The molecule has 1 N–H and O–H groups in total. The zero-order valence-corrected chi connectivity index (χ0v) is 14.0. The quantitative estimate of drug-likeness (QED) is 0.551. The van der Waals surface area contributed by atoms with E-state index in [2.05, 4.69) is 15.2 Å². The molecule has 0 saturated carbocycles. The zero-order valence-electron chi connectivity index (χ0n) is 13.2. The van der Waals surface area contributed by atoms with Crippen LogP contribution in [-0.2, 0) is 0 Å². The molecular weight excluding hydrogens is 322 g/mol. The number of hydrogen-bond acceptors (Lipinski definition) is 5. The van der Waals surface area contributed by atoms with Gasteiger partial charge < -0.3 is 4.74 Å². The number of aryl methyl sites for hydroxylation is 1. The Labute approximate surface area is 144 Å². The van der Waals surface area contributed by atoms with Crippen molar-refractivity contribution in [2.24, 2.45) is 0 Å². The summed E-state index contributed by atoms with van der Waals surface area (Å²) in [6.07, 6.45) is 0. The monoisotopic (exact) mass is 339 g/mol. The van der Waals surface area contributed by atoms with Crippen molar-refractivity contribution in [2.75, 3.05) is 12.4 Å². The van der Waals surface area contributed by atoms with Crippen LogP contribution in [0.15, 0.2) is 64.5 Å². The number of hydrogen-bond donors (Lipinski definition) is 1. The minimum absolute atomic E-state index is 0.238. The number of aromatic nitrogens is 3. The highest BCUT2D eigenvalue weighted by Crippen LogP contribution is 2.15. The molecule has 5 nitrogen and oxygen atoms in total. The van der Waals surface area contributed by atoms with Gasteiger partial charge in [0.2, 0.25) is 0 Å². The van der Waals surface area contributed by atoms with Crippen LogP contribution in [0.3, 0.4) is 0 Å². The summed E-state index contributed by atoms with van der Waals surface area (Å²) in [5.74, 6) is 1.50. The van der Waals surface area contributed by atoms with Gasteiger partial charge in [0.25, 0.3) is 5.56 Å². The maximum absolute atomic E-state index is 12.1. The molecule has 0 aliphatic heterocycles. The van der Waals surface area contributed by atoms with Crippen LogP contribution >= 0.6 is 11.8 Å². The fourth-order valence-corrected chi connectivity index (χ4v) is 2.73. The molecule has 2 aromatic carbocycles. The third-order valence-corrected chi connectivity index (χ3v) is 4.16. The van der Waals surface area contributed by atoms with E-state index in [1.807, 2.05) is 61.5 Å². The van der Waals surface area contributed by atoms with Gasteiger partial charge in [-0.2, -0.15) is 0 Å². The predicted molar refractivity (Wildman–Crippen MR) is 95.5 cm³/mol. The van der Waals surface area contributed by atoms with Crippen LogP contribution in [0.4, 0.5) is 0 Å². The highest BCUT2D eigenvalue weighted by molar-refractivity contribution is 7.99. The average Bonchev–Trinajstić information content (AvgIpc) is 2.61. The number of ether oxygens (including phenoxy) is 1. The van der Waals surface area contributed by atoms with Crippen LogP contribution in [0.5, 0.6) is 5.75 Å². The van der Waals surface area contributed by atoms with Crippen LogP contribution in [0.2, 0.25) is 0 Å². The second-order valence-electron chi connectivity index (χ2n) is 5.18. The molecule has 3 aromatic rings. The van der Waals surface area contributed by atoms with E-state index in [-0.39, 0.29) is 5.56 Å². The number of thioether (sulfide) groups is 1. The minimum Gasteiger partial charge on any atom is -0.493 e. The molecule has 122 valence electrons. The van der Waals surface area contributed by atoms with Crippen LogP contribution in [-0.4, -0.2) is 27.5 Å². The van der Waals surface area contributed by atoms with E-state index >= 15 is 0 Å². The smallest absolute Gasteiger partial charge is 0.278 e. The molecule has 1 aromatic heterocycles. The van der Waals surface area contributed by atoms with E-state index in [9.17, 15) is 4.79 Å². The van der Waals surface area contributed by atoms with E-state index in [0.717, 1.165) is 11.3 Å². The molecule has 24 heavy (non-hydrogen) atoms. The minimum atomic E-state index is -0.238. The summed E-state index contributed by atoms with van der Waals surface area (Å²) in [7, 11) is 0. The first kappa shape index (κ1) is 16.3. The summed E-state index contributed by atoms with van der Waals surface area (Å²) in [5, 5.41) is 8.61. The first-order valence-electron chi connectivity index (χ1n) is 7.57. The van der Waals surface area contributed by atoms with Crippen molar-refractivity contribution < 1.29 is 4.74 Å². The van der Waals surface area contributed by atoms with Crippen molar-refractivity contribution in [2.45, 2.75) is 12.1 Å². The van der Waals surface area contributed by atoms with E-state index in [0.29, 0.717) is 23.2 Å². The lowest BCUT2D eigenvalue weighted by molar-refractivity contribution is 0.344. The molecule has 0 spiro atoms. The second-order valence-corrected chi connectivity index (χ2v) is 6.27. The lowest BCUT2D eigenvalue weighted by atomic mass is 10.2. The predicted octanol–water partition coefficient (Wildman–Crippen LogP) is 3.31. The van der Waals surface area contributed by atoms with Crippen molar-refractivity contribution in [3.05, 3.63) is 70.5 Å². The first-order valence-corrected chi connectivity index (χ1v) is 8.55. The molecule has 0 aliphatic carbocycles. The molecule has 0 fully saturated rings. The highest BCUT2D eigenvalue weighted by Gasteiger charge is 2.07. The summed E-state index contributed by atoms with van der Waals surface area (Å²) in [5.41, 5.74) is 2.04. The Morgan fingerprint density at radius 3 is 2.50 bits per heavy atom. The molecule has 0 unspecified atom stereocenters. The number of nitrogens with zero attached hydrogens (tertiary/aromatic N) is 2. The lowest BCUT2D eigenvalue weighted by Gasteiger charge is -2.06. The topological polar surface area (TPSA) is 67.9 Å². The van der Waals surface area contributed by atoms with E-state index < -0.39 is 0 Å². The van der Waals surface area contributed by atoms with Crippen molar-refractivity contribution in [3.8, 4) is 17.0 Å². The first-order chi connectivity index (χ1) is 11.7. The molecule has 3 rings (SSSR count). The van der Waals surface area contributed by atoms with Crippen molar-refractivity contribution >= 4 is 11.8 Å². The van der Waals surface area contributed by atoms with Gasteiger partial charge in [0.05, 0.1) is 6.61 Å². The van der Waals surface area contributed by atoms with E-state index in [4.69, 9.17) is 4.74 Å². The van der Waals surface area contributed by atoms with Crippen molar-refractivity contribution in [1.29, 1.82) is 0 Å². The molecule has 0 saturated heterocycles. The largest absolute Gasteiger partial charge is 0.493 e. The van der Waals surface area contributed by atoms with E-state index in [1.54, 1.807) is 0 Å². The van der Waals surface area contributed by atoms with Gasteiger partial charge in [-0.05, 0) is 19.1 Å². The van der Waals surface area contributed by atoms with Gasteiger partial charge >= 0.3 is 0 Å². The number of benzene rings is 2. The van der Waals surface area contributed by atoms with E-state index in [1.165, 1.54) is 17.3 Å². The molecule has 0 bridgehead atoms. The molecule has 6 heteroatoms. The van der Waals surface area contributed by atoms with Crippen molar-refractivity contribution in [1.82, 2.24) is 15.2 Å². The number of H-pyrrole nitrogens is 1. The summed E-state index contributed by atoms with van der Waals surface area (Å²) >= 11 is 1.41. The van der Waals surface area contributed by atoms with Crippen molar-refractivity contribution in [3.63, 3.8) is 0 Å². The Bertz CT molecular complexity index is 848. The molecule has 1 heterocycles. The van der Waals surface area contributed by atoms with Gasteiger partial charge in [0.1, 0.15) is 5.75 Å². The lowest BCUT2D eigenvalue weighted by Crippen LogP contribution is -2.14. The molecule has 0 amide bonds. The SMILES string of the molecule is Cc1ccc(OCCSc2nnc(-c3ccccc3)c(=O)[nH]2)cc1.